The molecule has 0 bridgehead atoms. The molecule has 0 aliphatic heterocycles. The van der Waals surface area contributed by atoms with Gasteiger partial charge in [0.05, 0.1) is 0 Å². The molecule has 2 aliphatic carbocycles. The summed E-state index contributed by atoms with van der Waals surface area (Å²) in [4.78, 5) is 0. The lowest BCUT2D eigenvalue weighted by molar-refractivity contribution is 0.306. The zero-order valence-corrected chi connectivity index (χ0v) is 10.7. The quantitative estimate of drug-likeness (QED) is 0.698. The first-order valence-corrected chi connectivity index (χ1v) is 6.83. The van der Waals surface area contributed by atoms with Crippen LogP contribution in [0, 0.1) is 11.3 Å². The van der Waals surface area contributed by atoms with Crippen molar-refractivity contribution in [2.45, 2.75) is 77.8 Å². The second-order valence-corrected chi connectivity index (χ2v) is 6.58. The smallest absolute Gasteiger partial charge is 0.00698 e. The average molecular weight is 209 g/mol. The Hall–Kier alpha value is -0.0400. The van der Waals surface area contributed by atoms with Gasteiger partial charge in [0, 0.05) is 12.1 Å². The Balaban J connectivity index is 1.77. The van der Waals surface area contributed by atoms with Gasteiger partial charge in [-0.1, -0.05) is 20.3 Å². The van der Waals surface area contributed by atoms with Crippen molar-refractivity contribution in [3.63, 3.8) is 0 Å². The van der Waals surface area contributed by atoms with Crippen LogP contribution >= 0.6 is 0 Å². The molecule has 0 aromatic carbocycles. The second kappa shape index (κ2) is 4.45. The van der Waals surface area contributed by atoms with Crippen LogP contribution in [-0.4, -0.2) is 12.1 Å². The Morgan fingerprint density at radius 1 is 1.07 bits per heavy atom. The summed E-state index contributed by atoms with van der Waals surface area (Å²) >= 11 is 0. The summed E-state index contributed by atoms with van der Waals surface area (Å²) in [6.45, 7) is 7.24. The standard InChI is InChI=1S/C14H27N/c1-11(12-6-7-12)15-13-5-4-9-14(2,3)10-8-13/h11-13,15H,4-10H2,1-3H3. The minimum atomic E-state index is 0.596. The average Bonchev–Trinajstić information content (AvgIpc) is 2.94. The van der Waals surface area contributed by atoms with Gasteiger partial charge in [-0.3, -0.25) is 0 Å². The van der Waals surface area contributed by atoms with Crippen LogP contribution in [-0.2, 0) is 0 Å². The van der Waals surface area contributed by atoms with Crippen molar-refractivity contribution in [3.05, 3.63) is 0 Å². The molecule has 0 radical (unpaired) electrons. The number of rotatable bonds is 3. The predicted octanol–water partition coefficient (Wildman–Crippen LogP) is 3.73. The van der Waals surface area contributed by atoms with Gasteiger partial charge in [-0.15, -0.1) is 0 Å². The fraction of sp³-hybridized carbons (Fsp3) is 1.00. The molecule has 1 N–H and O–H groups in total. The molecule has 2 atom stereocenters. The van der Waals surface area contributed by atoms with E-state index in [0.29, 0.717) is 5.41 Å². The van der Waals surface area contributed by atoms with Crippen LogP contribution < -0.4 is 5.32 Å². The summed E-state index contributed by atoms with van der Waals surface area (Å²) in [5, 5.41) is 3.86. The first-order valence-electron chi connectivity index (χ1n) is 6.83. The minimum absolute atomic E-state index is 0.596. The van der Waals surface area contributed by atoms with Crippen molar-refractivity contribution in [1.82, 2.24) is 5.32 Å². The van der Waals surface area contributed by atoms with Gasteiger partial charge < -0.3 is 5.32 Å². The van der Waals surface area contributed by atoms with Gasteiger partial charge in [-0.25, -0.2) is 0 Å². The Morgan fingerprint density at radius 3 is 2.47 bits per heavy atom. The van der Waals surface area contributed by atoms with Gasteiger partial charge >= 0.3 is 0 Å². The molecular weight excluding hydrogens is 182 g/mol. The molecule has 0 spiro atoms. The van der Waals surface area contributed by atoms with Crippen molar-refractivity contribution in [2.24, 2.45) is 11.3 Å². The lowest BCUT2D eigenvalue weighted by Crippen LogP contribution is -2.37. The molecule has 2 rings (SSSR count). The summed E-state index contributed by atoms with van der Waals surface area (Å²) in [6.07, 6.45) is 9.97. The zero-order chi connectivity index (χ0) is 10.9. The normalized spacial score (nSPS) is 33.4. The molecule has 2 aliphatic rings. The van der Waals surface area contributed by atoms with Crippen LogP contribution in [0.15, 0.2) is 0 Å². The monoisotopic (exact) mass is 209 g/mol. The van der Waals surface area contributed by atoms with E-state index >= 15 is 0 Å². The van der Waals surface area contributed by atoms with E-state index in [1.165, 1.54) is 44.9 Å². The SMILES string of the molecule is CC(NC1CCCC(C)(C)CC1)C1CC1. The highest BCUT2D eigenvalue weighted by atomic mass is 15.0. The van der Waals surface area contributed by atoms with E-state index in [-0.39, 0.29) is 0 Å². The molecule has 1 heteroatoms. The van der Waals surface area contributed by atoms with Crippen molar-refractivity contribution >= 4 is 0 Å². The van der Waals surface area contributed by atoms with Crippen molar-refractivity contribution in [3.8, 4) is 0 Å². The first-order chi connectivity index (χ1) is 7.07. The fourth-order valence-corrected chi connectivity index (χ4v) is 2.93. The van der Waals surface area contributed by atoms with Crippen LogP contribution in [0.3, 0.4) is 0 Å². The molecular formula is C14H27N. The lowest BCUT2D eigenvalue weighted by atomic mass is 9.85. The number of hydrogen-bond donors (Lipinski definition) is 1. The Bertz CT molecular complexity index is 205. The highest BCUT2D eigenvalue weighted by Gasteiger charge is 2.30. The third-order valence-corrected chi connectivity index (χ3v) is 4.40. The Labute approximate surface area is 95.0 Å². The van der Waals surface area contributed by atoms with Crippen molar-refractivity contribution < 1.29 is 0 Å². The zero-order valence-electron chi connectivity index (χ0n) is 10.7. The van der Waals surface area contributed by atoms with E-state index in [1.807, 2.05) is 0 Å². The third-order valence-electron chi connectivity index (χ3n) is 4.40. The van der Waals surface area contributed by atoms with E-state index in [9.17, 15) is 0 Å². The molecule has 1 nitrogen and oxygen atoms in total. The summed E-state index contributed by atoms with van der Waals surface area (Å²) in [7, 11) is 0. The molecule has 88 valence electrons. The van der Waals surface area contributed by atoms with Crippen LogP contribution in [0.4, 0.5) is 0 Å². The van der Waals surface area contributed by atoms with Crippen molar-refractivity contribution in [2.75, 3.05) is 0 Å². The van der Waals surface area contributed by atoms with E-state index in [2.05, 4.69) is 26.1 Å². The van der Waals surface area contributed by atoms with Gasteiger partial charge in [-0.2, -0.15) is 0 Å². The first kappa shape index (κ1) is 11.4. The summed E-state index contributed by atoms with van der Waals surface area (Å²) in [5.41, 5.74) is 0.596. The summed E-state index contributed by atoms with van der Waals surface area (Å²) < 4.78 is 0. The van der Waals surface area contributed by atoms with Crippen LogP contribution in [0.2, 0.25) is 0 Å². The fourth-order valence-electron chi connectivity index (χ4n) is 2.93. The Kier molecular flexibility index (Phi) is 3.39. The maximum atomic E-state index is 3.86. The minimum Gasteiger partial charge on any atom is -0.311 e. The van der Waals surface area contributed by atoms with Gasteiger partial charge in [0.25, 0.3) is 0 Å². The molecule has 0 heterocycles. The maximum Gasteiger partial charge on any atom is 0.00698 e. The number of hydrogen-bond acceptors (Lipinski definition) is 1. The summed E-state index contributed by atoms with van der Waals surface area (Å²) in [5.74, 6) is 1.00. The van der Waals surface area contributed by atoms with E-state index in [1.54, 1.807) is 0 Å². The maximum absolute atomic E-state index is 3.86. The molecule has 2 saturated carbocycles. The predicted molar refractivity (Wildman–Crippen MR) is 66.0 cm³/mol. The molecule has 0 amide bonds. The topological polar surface area (TPSA) is 12.0 Å². The molecule has 0 aromatic rings. The van der Waals surface area contributed by atoms with Gasteiger partial charge in [0.1, 0.15) is 0 Å². The van der Waals surface area contributed by atoms with Crippen LogP contribution in [0.1, 0.15) is 65.7 Å². The molecule has 0 aromatic heterocycles. The van der Waals surface area contributed by atoms with Crippen LogP contribution in [0.5, 0.6) is 0 Å². The Morgan fingerprint density at radius 2 is 1.80 bits per heavy atom. The molecule has 0 saturated heterocycles. The van der Waals surface area contributed by atoms with E-state index in [4.69, 9.17) is 0 Å². The van der Waals surface area contributed by atoms with Gasteiger partial charge in [0.15, 0.2) is 0 Å². The highest BCUT2D eigenvalue weighted by molar-refractivity contribution is 4.87. The van der Waals surface area contributed by atoms with Crippen LogP contribution in [0.25, 0.3) is 0 Å². The summed E-state index contributed by atoms with van der Waals surface area (Å²) in [6, 6.07) is 1.58. The third kappa shape index (κ3) is 3.48. The van der Waals surface area contributed by atoms with E-state index < -0.39 is 0 Å². The van der Waals surface area contributed by atoms with Gasteiger partial charge in [0.2, 0.25) is 0 Å². The van der Waals surface area contributed by atoms with E-state index in [0.717, 1.165) is 18.0 Å². The number of nitrogens with one attached hydrogen (secondary N) is 1. The molecule has 2 fully saturated rings. The molecule has 2 unspecified atom stereocenters. The second-order valence-electron chi connectivity index (χ2n) is 6.58. The van der Waals surface area contributed by atoms with Crippen molar-refractivity contribution in [1.29, 1.82) is 0 Å². The highest BCUT2D eigenvalue weighted by Crippen LogP contribution is 2.36. The molecule has 15 heavy (non-hydrogen) atoms. The van der Waals surface area contributed by atoms with Gasteiger partial charge in [-0.05, 0) is 56.8 Å². The largest absolute Gasteiger partial charge is 0.311 e. The lowest BCUT2D eigenvalue weighted by Gasteiger charge is -2.24.